The SMILES string of the molecule is [3H]C[C@@H](O)[C@H]1O[C@@H]2OC(C)(C)O[C@@H]2[C@H]1F. The summed E-state index contributed by atoms with van der Waals surface area (Å²) in [5.74, 6) is -0.851. The third-order valence-electron chi connectivity index (χ3n) is 2.39. The molecule has 0 aromatic rings. The Balaban J connectivity index is 2.05. The van der Waals surface area contributed by atoms with Crippen molar-refractivity contribution in [3.8, 4) is 0 Å². The van der Waals surface area contributed by atoms with Crippen molar-refractivity contribution in [3.05, 3.63) is 0 Å². The molecule has 2 heterocycles. The molecule has 5 atom stereocenters. The van der Waals surface area contributed by atoms with Crippen molar-refractivity contribution in [1.82, 2.24) is 0 Å². The molecule has 0 unspecified atom stereocenters. The zero-order valence-electron chi connectivity index (χ0n) is 9.14. The van der Waals surface area contributed by atoms with Gasteiger partial charge in [-0.05, 0) is 20.7 Å². The molecular weight excluding hydrogens is 191 g/mol. The minimum Gasteiger partial charge on any atom is -0.391 e. The summed E-state index contributed by atoms with van der Waals surface area (Å²) in [6.07, 6.45) is -5.18. The molecule has 4 nitrogen and oxygen atoms in total. The summed E-state index contributed by atoms with van der Waals surface area (Å²) in [6.45, 7) is 3.06. The van der Waals surface area contributed by atoms with E-state index in [4.69, 9.17) is 15.6 Å². The molecule has 0 amide bonds. The van der Waals surface area contributed by atoms with Gasteiger partial charge in [0.1, 0.15) is 12.2 Å². The Morgan fingerprint density at radius 3 is 2.79 bits per heavy atom. The predicted molar refractivity (Wildman–Crippen MR) is 45.3 cm³/mol. The van der Waals surface area contributed by atoms with Crippen molar-refractivity contribution >= 4 is 0 Å². The van der Waals surface area contributed by atoms with Gasteiger partial charge < -0.3 is 19.3 Å². The molecule has 0 aliphatic carbocycles. The summed E-state index contributed by atoms with van der Waals surface area (Å²) in [4.78, 5) is 0. The van der Waals surface area contributed by atoms with E-state index in [1.165, 1.54) is 0 Å². The van der Waals surface area contributed by atoms with Crippen LogP contribution in [0.3, 0.4) is 0 Å². The molecule has 2 aliphatic rings. The number of halogens is 1. The van der Waals surface area contributed by atoms with Crippen molar-refractivity contribution in [2.45, 2.75) is 57.3 Å². The number of ether oxygens (including phenoxy) is 3. The van der Waals surface area contributed by atoms with Gasteiger partial charge in [0.2, 0.25) is 0 Å². The molecule has 2 fully saturated rings. The van der Waals surface area contributed by atoms with Gasteiger partial charge in [-0.1, -0.05) is 0 Å². The maximum atomic E-state index is 13.8. The first-order chi connectivity index (χ1) is 6.94. The van der Waals surface area contributed by atoms with Crippen molar-refractivity contribution in [3.63, 3.8) is 0 Å². The van der Waals surface area contributed by atoms with Crippen molar-refractivity contribution < 1.29 is 25.1 Å². The van der Waals surface area contributed by atoms with Gasteiger partial charge in [0.05, 0.1) is 6.10 Å². The van der Waals surface area contributed by atoms with Crippen LogP contribution in [-0.2, 0) is 14.2 Å². The zero-order valence-corrected chi connectivity index (χ0v) is 8.14. The molecule has 5 heteroatoms. The number of fused-ring (bicyclic) bond motifs is 1. The number of aliphatic hydroxyl groups is 1. The van der Waals surface area contributed by atoms with Crippen LogP contribution in [0, 0.1) is 0 Å². The van der Waals surface area contributed by atoms with Gasteiger partial charge in [0, 0.05) is 1.37 Å². The first-order valence-corrected chi connectivity index (χ1v) is 4.57. The van der Waals surface area contributed by atoms with Crippen molar-refractivity contribution in [2.75, 3.05) is 0 Å². The minimum absolute atomic E-state index is 0.298. The lowest BCUT2D eigenvalue weighted by molar-refractivity contribution is -0.220. The van der Waals surface area contributed by atoms with Crippen LogP contribution in [0.15, 0.2) is 0 Å². The van der Waals surface area contributed by atoms with Gasteiger partial charge in [0.25, 0.3) is 0 Å². The topological polar surface area (TPSA) is 47.9 Å². The molecule has 2 rings (SSSR count). The van der Waals surface area contributed by atoms with E-state index in [0.29, 0.717) is 0 Å². The Hall–Kier alpha value is -0.230. The van der Waals surface area contributed by atoms with E-state index in [-0.39, 0.29) is 6.90 Å². The summed E-state index contributed by atoms with van der Waals surface area (Å²) >= 11 is 0. The molecule has 82 valence electrons. The molecule has 0 bridgehead atoms. The lowest BCUT2D eigenvalue weighted by Crippen LogP contribution is -2.37. The highest BCUT2D eigenvalue weighted by molar-refractivity contribution is 4.94. The molecule has 14 heavy (non-hydrogen) atoms. The third-order valence-corrected chi connectivity index (χ3v) is 2.39. The van der Waals surface area contributed by atoms with Crippen LogP contribution in [0.4, 0.5) is 4.39 Å². The zero-order chi connectivity index (χ0) is 11.2. The summed E-state index contributed by atoms with van der Waals surface area (Å²) in [6, 6.07) is 0. The lowest BCUT2D eigenvalue weighted by Gasteiger charge is -2.23. The van der Waals surface area contributed by atoms with Gasteiger partial charge in [-0.3, -0.25) is 0 Å². The van der Waals surface area contributed by atoms with E-state index in [1.54, 1.807) is 13.8 Å². The third kappa shape index (κ3) is 1.54. The smallest absolute Gasteiger partial charge is 0.190 e. The van der Waals surface area contributed by atoms with Gasteiger partial charge in [-0.25, -0.2) is 4.39 Å². The Labute approximate surface area is 83.4 Å². The average molecular weight is 208 g/mol. The average Bonchev–Trinajstić information content (AvgIpc) is 2.60. The van der Waals surface area contributed by atoms with Crippen LogP contribution in [0.25, 0.3) is 0 Å². The highest BCUT2D eigenvalue weighted by Gasteiger charge is 2.56. The van der Waals surface area contributed by atoms with E-state index in [0.717, 1.165) is 0 Å². The van der Waals surface area contributed by atoms with E-state index in [2.05, 4.69) is 0 Å². The fourth-order valence-electron chi connectivity index (χ4n) is 1.80. The summed E-state index contributed by atoms with van der Waals surface area (Å²) in [7, 11) is 0. The van der Waals surface area contributed by atoms with E-state index >= 15 is 0 Å². The number of alkyl halides is 1. The van der Waals surface area contributed by atoms with Crippen LogP contribution < -0.4 is 0 Å². The van der Waals surface area contributed by atoms with Gasteiger partial charge in [0.15, 0.2) is 18.2 Å². The molecule has 0 aromatic carbocycles. The number of hydrogen-bond acceptors (Lipinski definition) is 4. The molecule has 1 N–H and O–H groups in total. The summed E-state index contributed by atoms with van der Waals surface area (Å²) in [5, 5.41) is 9.35. The molecule has 2 aliphatic heterocycles. The molecular formula is C9H15FO4. The van der Waals surface area contributed by atoms with Gasteiger partial charge in [-0.15, -0.1) is 0 Å². The van der Waals surface area contributed by atoms with Crippen LogP contribution in [-0.4, -0.2) is 41.7 Å². The Morgan fingerprint density at radius 2 is 2.21 bits per heavy atom. The number of hydrogen-bond donors (Lipinski definition) is 1. The predicted octanol–water partition coefficient (Wildman–Crippen LogP) is 0.582. The molecule has 2 saturated heterocycles. The highest BCUT2D eigenvalue weighted by Crippen LogP contribution is 2.39. The fraction of sp³-hybridized carbons (Fsp3) is 1.00. The minimum atomic E-state index is -1.45. The standard InChI is InChI=1S/C9H15FO4/c1-4(11)6-5(10)7-8(12-6)14-9(2,3)13-7/h4-8,11H,1-3H3/t4-,5+,6-,7-,8-/m1/s1/i1T. The fourth-order valence-corrected chi connectivity index (χ4v) is 1.80. The monoisotopic (exact) mass is 208 g/mol. The van der Waals surface area contributed by atoms with Gasteiger partial charge in [-0.2, -0.15) is 0 Å². The highest BCUT2D eigenvalue weighted by atomic mass is 19.1. The first kappa shape index (κ1) is 9.03. The molecule has 0 aromatic heterocycles. The van der Waals surface area contributed by atoms with Crippen LogP contribution in [0.2, 0.25) is 0 Å². The molecule has 0 spiro atoms. The van der Waals surface area contributed by atoms with E-state index < -0.39 is 36.6 Å². The maximum Gasteiger partial charge on any atom is 0.190 e. The quantitative estimate of drug-likeness (QED) is 0.684. The second-order valence-electron chi connectivity index (χ2n) is 4.08. The summed E-state index contributed by atoms with van der Waals surface area (Å²) in [5.41, 5.74) is 0. The van der Waals surface area contributed by atoms with Crippen molar-refractivity contribution in [2.24, 2.45) is 0 Å². The van der Waals surface area contributed by atoms with Crippen LogP contribution in [0.5, 0.6) is 0 Å². The Kier molecular flexibility index (Phi) is 2.02. The lowest BCUT2D eigenvalue weighted by atomic mass is 10.1. The normalized spacial score (nSPS) is 48.7. The Morgan fingerprint density at radius 1 is 1.50 bits per heavy atom. The van der Waals surface area contributed by atoms with Gasteiger partial charge >= 0.3 is 0 Å². The molecule has 0 radical (unpaired) electrons. The van der Waals surface area contributed by atoms with Crippen LogP contribution >= 0.6 is 0 Å². The Bertz CT molecular complexity index is 250. The number of rotatable bonds is 1. The first-order valence-electron chi connectivity index (χ1n) is 5.28. The second kappa shape index (κ2) is 3.13. The summed E-state index contributed by atoms with van der Waals surface area (Å²) < 4.78 is 36.5. The van der Waals surface area contributed by atoms with Crippen LogP contribution in [0.1, 0.15) is 22.1 Å². The van der Waals surface area contributed by atoms with Crippen molar-refractivity contribution in [1.29, 1.82) is 0 Å². The van der Waals surface area contributed by atoms with E-state index in [1.807, 2.05) is 0 Å². The molecule has 0 saturated carbocycles. The van der Waals surface area contributed by atoms with E-state index in [9.17, 15) is 9.50 Å². The largest absolute Gasteiger partial charge is 0.391 e. The second-order valence-corrected chi connectivity index (χ2v) is 4.08. The number of aliphatic hydroxyl groups excluding tert-OH is 1. The maximum absolute atomic E-state index is 13.8.